The van der Waals surface area contributed by atoms with E-state index in [-0.39, 0.29) is 24.5 Å². The smallest absolute Gasteiger partial charge is 0.225 e. The molecule has 1 saturated heterocycles. The van der Waals surface area contributed by atoms with Crippen LogP contribution in [0.1, 0.15) is 6.92 Å². The summed E-state index contributed by atoms with van der Waals surface area (Å²) in [5.74, 6) is 0.0593. The van der Waals surface area contributed by atoms with Gasteiger partial charge in [-0.3, -0.25) is 4.79 Å². The van der Waals surface area contributed by atoms with Crippen LogP contribution in [0.25, 0.3) is 0 Å². The zero-order chi connectivity index (χ0) is 6.15. The van der Waals surface area contributed by atoms with Crippen molar-refractivity contribution < 1.29 is 9.90 Å². The van der Waals surface area contributed by atoms with Gasteiger partial charge in [0, 0.05) is 0 Å². The average molecular weight is 115 g/mol. The fourth-order valence-electron chi connectivity index (χ4n) is 0.729. The third-order valence-electron chi connectivity index (χ3n) is 1.54. The van der Waals surface area contributed by atoms with Crippen LogP contribution in [0.15, 0.2) is 0 Å². The van der Waals surface area contributed by atoms with Gasteiger partial charge in [-0.05, 0) is 0 Å². The van der Waals surface area contributed by atoms with E-state index < -0.39 is 0 Å². The molecule has 3 heteroatoms. The molecule has 1 aliphatic rings. The van der Waals surface area contributed by atoms with Crippen molar-refractivity contribution in [3.8, 4) is 0 Å². The van der Waals surface area contributed by atoms with E-state index >= 15 is 0 Å². The first-order valence-electron chi connectivity index (χ1n) is 2.67. The van der Waals surface area contributed by atoms with Crippen LogP contribution >= 0.6 is 0 Å². The standard InChI is InChI=1S/C5H9NO2/c1-3-4(2-7)6-5(3)8/h3-4,7H,2H2,1H3,(H,6,8)/t3?,4-/m1/s1. The first-order valence-corrected chi connectivity index (χ1v) is 2.67. The van der Waals surface area contributed by atoms with Gasteiger partial charge in [0.05, 0.1) is 18.6 Å². The third kappa shape index (κ3) is 0.591. The number of amides is 1. The van der Waals surface area contributed by atoms with Crippen molar-refractivity contribution in [2.24, 2.45) is 5.92 Å². The molecule has 0 spiro atoms. The Labute approximate surface area is 47.7 Å². The molecule has 0 radical (unpaired) electrons. The number of carbonyl (C=O) groups is 1. The van der Waals surface area contributed by atoms with Gasteiger partial charge in [-0.15, -0.1) is 0 Å². The molecule has 1 rings (SSSR count). The van der Waals surface area contributed by atoms with Crippen LogP contribution in [0.3, 0.4) is 0 Å². The summed E-state index contributed by atoms with van der Waals surface area (Å²) in [6.07, 6.45) is 0. The van der Waals surface area contributed by atoms with Gasteiger partial charge in [0.1, 0.15) is 0 Å². The molecule has 46 valence electrons. The topological polar surface area (TPSA) is 49.3 Å². The lowest BCUT2D eigenvalue weighted by atomic mass is 9.94. The highest BCUT2D eigenvalue weighted by Gasteiger charge is 2.33. The molecule has 8 heavy (non-hydrogen) atoms. The van der Waals surface area contributed by atoms with Crippen LogP contribution in [-0.2, 0) is 4.79 Å². The molecule has 2 N–H and O–H groups in total. The van der Waals surface area contributed by atoms with E-state index in [1.54, 1.807) is 6.92 Å². The van der Waals surface area contributed by atoms with Gasteiger partial charge in [0.2, 0.25) is 5.91 Å². The van der Waals surface area contributed by atoms with Crippen molar-refractivity contribution in [1.29, 1.82) is 0 Å². The second-order valence-electron chi connectivity index (χ2n) is 2.09. The molecule has 1 aliphatic heterocycles. The maximum absolute atomic E-state index is 10.4. The summed E-state index contributed by atoms with van der Waals surface area (Å²) in [6.45, 7) is 1.87. The quantitative estimate of drug-likeness (QED) is 0.436. The lowest BCUT2D eigenvalue weighted by Gasteiger charge is -2.32. The van der Waals surface area contributed by atoms with Gasteiger partial charge in [0.15, 0.2) is 0 Å². The van der Waals surface area contributed by atoms with Crippen LogP contribution in [0.4, 0.5) is 0 Å². The van der Waals surface area contributed by atoms with Crippen LogP contribution in [0.5, 0.6) is 0 Å². The minimum absolute atomic E-state index is 0.0139. The molecule has 0 saturated carbocycles. The van der Waals surface area contributed by atoms with Crippen molar-refractivity contribution in [2.75, 3.05) is 6.61 Å². The minimum Gasteiger partial charge on any atom is -0.394 e. The number of carbonyl (C=O) groups excluding carboxylic acids is 1. The molecule has 3 nitrogen and oxygen atoms in total. The summed E-state index contributed by atoms with van der Waals surface area (Å²) in [4.78, 5) is 10.4. The van der Waals surface area contributed by atoms with Gasteiger partial charge >= 0.3 is 0 Å². The Morgan fingerprint density at radius 1 is 1.88 bits per heavy atom. The second-order valence-corrected chi connectivity index (χ2v) is 2.09. The molecular weight excluding hydrogens is 106 g/mol. The van der Waals surface area contributed by atoms with Crippen molar-refractivity contribution >= 4 is 5.91 Å². The van der Waals surface area contributed by atoms with Crippen LogP contribution in [0.2, 0.25) is 0 Å². The molecule has 1 fully saturated rings. The first-order chi connectivity index (χ1) is 3.75. The van der Waals surface area contributed by atoms with Gasteiger partial charge < -0.3 is 10.4 Å². The van der Waals surface area contributed by atoms with E-state index in [1.807, 2.05) is 0 Å². The van der Waals surface area contributed by atoms with Crippen LogP contribution in [-0.4, -0.2) is 23.7 Å². The Morgan fingerprint density at radius 3 is 2.62 bits per heavy atom. The molecule has 2 atom stereocenters. The molecule has 1 unspecified atom stereocenters. The Kier molecular flexibility index (Phi) is 1.21. The number of nitrogens with one attached hydrogen (secondary N) is 1. The number of hydrogen-bond acceptors (Lipinski definition) is 2. The Bertz CT molecular complexity index is 113. The van der Waals surface area contributed by atoms with Gasteiger partial charge in [-0.2, -0.15) is 0 Å². The Balaban J connectivity index is 2.35. The van der Waals surface area contributed by atoms with Crippen LogP contribution in [0, 0.1) is 5.92 Å². The normalized spacial score (nSPS) is 36.0. The van der Waals surface area contributed by atoms with Crippen molar-refractivity contribution in [3.05, 3.63) is 0 Å². The maximum Gasteiger partial charge on any atom is 0.225 e. The summed E-state index contributed by atoms with van der Waals surface area (Å²) in [6, 6.07) is 0.0162. The molecule has 0 aliphatic carbocycles. The number of β-lactam (4-membered cyclic amide) rings is 1. The summed E-state index contributed by atoms with van der Waals surface area (Å²) in [5, 5.41) is 11.0. The largest absolute Gasteiger partial charge is 0.394 e. The summed E-state index contributed by atoms with van der Waals surface area (Å²) in [5.41, 5.74) is 0. The van der Waals surface area contributed by atoms with E-state index in [4.69, 9.17) is 5.11 Å². The minimum atomic E-state index is 0.0139. The van der Waals surface area contributed by atoms with E-state index in [0.29, 0.717) is 0 Å². The summed E-state index contributed by atoms with van der Waals surface area (Å²) >= 11 is 0. The molecule has 1 heterocycles. The predicted octanol–water partition coefficient (Wildman–Crippen LogP) is -0.887. The molecule has 0 aromatic rings. The monoisotopic (exact) mass is 115 g/mol. The van der Waals surface area contributed by atoms with Gasteiger partial charge in [-0.1, -0.05) is 6.92 Å². The Morgan fingerprint density at radius 2 is 2.50 bits per heavy atom. The third-order valence-corrected chi connectivity index (χ3v) is 1.54. The number of hydrogen-bond donors (Lipinski definition) is 2. The lowest BCUT2D eigenvalue weighted by molar-refractivity contribution is -0.135. The zero-order valence-corrected chi connectivity index (χ0v) is 4.72. The van der Waals surface area contributed by atoms with Crippen LogP contribution < -0.4 is 5.32 Å². The number of aliphatic hydroxyl groups is 1. The molecular formula is C5H9NO2. The van der Waals surface area contributed by atoms with Gasteiger partial charge in [0.25, 0.3) is 0 Å². The van der Waals surface area contributed by atoms with E-state index in [1.165, 1.54) is 0 Å². The second kappa shape index (κ2) is 1.74. The molecule has 0 bridgehead atoms. The Hall–Kier alpha value is -0.570. The maximum atomic E-state index is 10.4. The summed E-state index contributed by atoms with van der Waals surface area (Å²) in [7, 11) is 0. The molecule has 0 aromatic carbocycles. The average Bonchev–Trinajstić information content (AvgIpc) is 1.81. The number of rotatable bonds is 1. The highest BCUT2D eigenvalue weighted by molar-refractivity contribution is 5.85. The van der Waals surface area contributed by atoms with Crippen molar-refractivity contribution in [2.45, 2.75) is 13.0 Å². The van der Waals surface area contributed by atoms with E-state index in [9.17, 15) is 4.79 Å². The lowest BCUT2D eigenvalue weighted by Crippen LogP contribution is -2.58. The van der Waals surface area contributed by atoms with Crippen molar-refractivity contribution in [3.63, 3.8) is 0 Å². The highest BCUT2D eigenvalue weighted by Crippen LogP contribution is 2.11. The van der Waals surface area contributed by atoms with Gasteiger partial charge in [-0.25, -0.2) is 0 Å². The predicted molar refractivity (Wildman–Crippen MR) is 28.2 cm³/mol. The van der Waals surface area contributed by atoms with E-state index in [2.05, 4.69) is 5.32 Å². The van der Waals surface area contributed by atoms with Crippen molar-refractivity contribution in [1.82, 2.24) is 5.32 Å². The SMILES string of the molecule is CC1C(=O)N[C@@H]1CO. The fourth-order valence-corrected chi connectivity index (χ4v) is 0.729. The first kappa shape index (κ1) is 5.56. The van der Waals surface area contributed by atoms with E-state index in [0.717, 1.165) is 0 Å². The fraction of sp³-hybridized carbons (Fsp3) is 0.800. The molecule has 1 amide bonds. The zero-order valence-electron chi connectivity index (χ0n) is 4.72. The number of aliphatic hydroxyl groups excluding tert-OH is 1. The molecule has 0 aromatic heterocycles. The highest BCUT2D eigenvalue weighted by atomic mass is 16.3. The summed E-state index contributed by atoms with van der Waals surface area (Å²) < 4.78 is 0.